The minimum Gasteiger partial charge on any atom is -0.481 e. The molecule has 35 heavy (non-hydrogen) atoms. The zero-order chi connectivity index (χ0) is 26.3. The third-order valence-electron chi connectivity index (χ3n) is 6.15. The van der Waals surface area contributed by atoms with Gasteiger partial charge >= 0.3 is 5.97 Å². The molecular formula is C28H33BrN2O4. The van der Waals surface area contributed by atoms with Crippen molar-refractivity contribution < 1.29 is 19.5 Å². The number of hydrogen-bond acceptors (Lipinski definition) is 3. The first-order valence-corrected chi connectivity index (χ1v) is 12.4. The van der Waals surface area contributed by atoms with Crippen molar-refractivity contribution >= 4 is 44.8 Å². The molecule has 0 atom stereocenters. The van der Waals surface area contributed by atoms with Gasteiger partial charge in [0.1, 0.15) is 5.69 Å². The van der Waals surface area contributed by atoms with Crippen molar-refractivity contribution in [2.75, 3.05) is 5.32 Å². The molecule has 3 aromatic rings. The third kappa shape index (κ3) is 5.50. The molecule has 0 aliphatic heterocycles. The number of fused-ring (bicyclic) bond motifs is 1. The fourth-order valence-electron chi connectivity index (χ4n) is 3.97. The van der Waals surface area contributed by atoms with Crippen LogP contribution in [0.5, 0.6) is 0 Å². The fraction of sp³-hybridized carbons (Fsp3) is 0.393. The van der Waals surface area contributed by atoms with E-state index in [9.17, 15) is 19.5 Å². The van der Waals surface area contributed by atoms with E-state index in [1.807, 2.05) is 45.0 Å². The maximum absolute atomic E-state index is 13.8. The lowest BCUT2D eigenvalue weighted by Gasteiger charge is -2.22. The van der Waals surface area contributed by atoms with E-state index < -0.39 is 22.7 Å². The second kappa shape index (κ2) is 9.61. The van der Waals surface area contributed by atoms with Crippen molar-refractivity contribution in [1.82, 2.24) is 4.40 Å². The van der Waals surface area contributed by atoms with Crippen molar-refractivity contribution in [1.29, 1.82) is 0 Å². The summed E-state index contributed by atoms with van der Waals surface area (Å²) >= 11 is 3.39. The number of hydrogen-bond donors (Lipinski definition) is 2. The third-order valence-corrected chi connectivity index (χ3v) is 6.68. The fourth-order valence-corrected chi connectivity index (χ4v) is 4.23. The van der Waals surface area contributed by atoms with E-state index in [0.29, 0.717) is 22.3 Å². The highest BCUT2D eigenvalue weighted by Crippen LogP contribution is 2.36. The molecule has 0 fully saturated rings. The summed E-state index contributed by atoms with van der Waals surface area (Å²) in [6.07, 6.45) is 1.83. The predicted molar refractivity (Wildman–Crippen MR) is 142 cm³/mol. The summed E-state index contributed by atoms with van der Waals surface area (Å²) in [6, 6.07) is 11.1. The Morgan fingerprint density at radius 2 is 1.63 bits per heavy atom. The first-order valence-electron chi connectivity index (χ1n) is 11.7. The van der Waals surface area contributed by atoms with Gasteiger partial charge in [-0.05, 0) is 73.7 Å². The predicted octanol–water partition coefficient (Wildman–Crippen LogP) is 6.96. The molecule has 0 aliphatic rings. The van der Waals surface area contributed by atoms with Gasteiger partial charge in [-0.2, -0.15) is 0 Å². The Bertz CT molecular complexity index is 1300. The molecule has 7 heteroatoms. The number of anilines is 1. The zero-order valence-electron chi connectivity index (χ0n) is 21.3. The number of pyridine rings is 1. The minimum atomic E-state index is -1.19. The lowest BCUT2D eigenvalue weighted by atomic mass is 9.79. The van der Waals surface area contributed by atoms with Crippen LogP contribution in [0.15, 0.2) is 47.1 Å². The molecule has 0 saturated heterocycles. The van der Waals surface area contributed by atoms with Crippen LogP contribution >= 0.6 is 15.9 Å². The summed E-state index contributed by atoms with van der Waals surface area (Å²) in [4.78, 5) is 39.5. The highest BCUT2D eigenvalue weighted by atomic mass is 79.9. The quantitative estimate of drug-likeness (QED) is 0.317. The lowest BCUT2D eigenvalue weighted by molar-refractivity contribution is -0.146. The number of carbonyl (C=O) groups excluding carboxylic acids is 2. The van der Waals surface area contributed by atoms with E-state index in [1.54, 1.807) is 36.6 Å². The van der Waals surface area contributed by atoms with Gasteiger partial charge in [-0.25, -0.2) is 0 Å². The van der Waals surface area contributed by atoms with Crippen LogP contribution in [-0.4, -0.2) is 27.2 Å². The summed E-state index contributed by atoms with van der Waals surface area (Å²) < 4.78 is 2.61. The Morgan fingerprint density at radius 3 is 2.14 bits per heavy atom. The lowest BCUT2D eigenvalue weighted by Crippen LogP contribution is -2.29. The van der Waals surface area contributed by atoms with Crippen LogP contribution in [-0.2, 0) is 11.2 Å². The average Bonchev–Trinajstić information content (AvgIpc) is 3.06. The second-order valence-corrected chi connectivity index (χ2v) is 11.9. The average molecular weight is 541 g/mol. The number of nitrogens with zero attached hydrogens (tertiary/aromatic N) is 1. The Morgan fingerprint density at radius 1 is 1.03 bits per heavy atom. The van der Waals surface area contributed by atoms with Gasteiger partial charge in [0.25, 0.3) is 5.91 Å². The van der Waals surface area contributed by atoms with Crippen molar-refractivity contribution in [3.05, 3.63) is 69.5 Å². The number of Topliss-reactive ketones (excluding diaryl/α,β-unsaturated/α-hetero) is 1. The standard InChI is InChI=1S/C28H33BrN2O4/c1-16(2)17-12-13-31-21(14-17)22(24(32)27(3,4)5)20(15-28(6,7)26(34)35)23(31)25(33)30-19-10-8-18(29)9-11-19/h8-14,16H,15H2,1-7H3,(H,30,33)(H,34,35). The monoisotopic (exact) mass is 540 g/mol. The maximum Gasteiger partial charge on any atom is 0.309 e. The number of carboxylic acids is 1. The van der Waals surface area contributed by atoms with Crippen molar-refractivity contribution in [3.63, 3.8) is 0 Å². The van der Waals surface area contributed by atoms with E-state index in [2.05, 4.69) is 35.1 Å². The number of nitrogens with one attached hydrogen (secondary N) is 1. The van der Waals surface area contributed by atoms with Gasteiger partial charge in [-0.1, -0.05) is 50.5 Å². The van der Waals surface area contributed by atoms with Gasteiger partial charge in [-0.3, -0.25) is 14.4 Å². The number of amides is 1. The molecule has 2 heterocycles. The van der Waals surface area contributed by atoms with Gasteiger partial charge in [0.2, 0.25) is 0 Å². The molecule has 0 saturated carbocycles. The summed E-state index contributed by atoms with van der Waals surface area (Å²) in [5.41, 5.74) is 1.47. The van der Waals surface area contributed by atoms with E-state index in [4.69, 9.17) is 0 Å². The molecule has 1 aromatic carbocycles. The maximum atomic E-state index is 13.8. The summed E-state index contributed by atoms with van der Waals surface area (Å²) in [5, 5.41) is 12.8. The number of rotatable bonds is 7. The van der Waals surface area contributed by atoms with Crippen LogP contribution in [0.3, 0.4) is 0 Å². The molecule has 0 aliphatic carbocycles. The van der Waals surface area contributed by atoms with Crippen molar-refractivity contribution in [2.24, 2.45) is 10.8 Å². The summed E-state index contributed by atoms with van der Waals surface area (Å²) in [7, 11) is 0. The minimum absolute atomic E-state index is 0.0290. The van der Waals surface area contributed by atoms with Gasteiger partial charge in [0.15, 0.2) is 5.78 Å². The molecule has 1 amide bonds. The van der Waals surface area contributed by atoms with Crippen LogP contribution in [0.1, 0.15) is 86.4 Å². The number of carboxylic acid groups (broad SMARTS) is 1. The molecule has 2 N–H and O–H groups in total. The van der Waals surface area contributed by atoms with Gasteiger partial charge in [0.05, 0.1) is 10.9 Å². The van der Waals surface area contributed by atoms with Gasteiger partial charge in [0, 0.05) is 27.3 Å². The van der Waals surface area contributed by atoms with Gasteiger partial charge < -0.3 is 14.8 Å². The first-order chi connectivity index (χ1) is 16.1. The van der Waals surface area contributed by atoms with Gasteiger partial charge in [-0.15, -0.1) is 0 Å². The molecule has 0 radical (unpaired) electrons. The smallest absolute Gasteiger partial charge is 0.309 e. The molecule has 0 spiro atoms. The number of aliphatic carboxylic acids is 1. The highest BCUT2D eigenvalue weighted by molar-refractivity contribution is 9.10. The second-order valence-electron chi connectivity index (χ2n) is 11.0. The SMILES string of the molecule is CC(C)c1ccn2c(C(=O)Nc3ccc(Br)cc3)c(CC(C)(C)C(=O)O)c(C(=O)C(C)(C)C)c2c1. The number of halogens is 1. The Balaban J connectivity index is 2.35. The van der Waals surface area contributed by atoms with Crippen LogP contribution in [0.4, 0.5) is 5.69 Å². The van der Waals surface area contributed by atoms with Crippen LogP contribution < -0.4 is 5.32 Å². The number of ketones is 1. The van der Waals surface area contributed by atoms with Crippen molar-refractivity contribution in [2.45, 2.75) is 60.8 Å². The summed E-state index contributed by atoms with van der Waals surface area (Å²) in [6.45, 7) is 12.8. The molecular weight excluding hydrogens is 508 g/mol. The molecule has 6 nitrogen and oxygen atoms in total. The van der Waals surface area contributed by atoms with Crippen molar-refractivity contribution in [3.8, 4) is 0 Å². The summed E-state index contributed by atoms with van der Waals surface area (Å²) in [5.74, 6) is -1.31. The van der Waals surface area contributed by atoms with E-state index in [0.717, 1.165) is 10.0 Å². The number of carbonyl (C=O) groups is 3. The molecule has 0 unspecified atom stereocenters. The molecule has 2 aromatic heterocycles. The molecule has 186 valence electrons. The van der Waals surface area contributed by atoms with Crippen LogP contribution in [0.25, 0.3) is 5.52 Å². The normalized spacial score (nSPS) is 12.3. The Labute approximate surface area is 214 Å². The van der Waals surface area contributed by atoms with E-state index >= 15 is 0 Å². The Kier molecular flexibility index (Phi) is 7.32. The molecule has 0 bridgehead atoms. The highest BCUT2D eigenvalue weighted by Gasteiger charge is 2.37. The van der Waals surface area contributed by atoms with Crippen LogP contribution in [0.2, 0.25) is 0 Å². The van der Waals surface area contributed by atoms with E-state index in [1.165, 1.54) is 0 Å². The number of aromatic nitrogens is 1. The topological polar surface area (TPSA) is 87.9 Å². The Hall–Kier alpha value is -2.93. The van der Waals surface area contributed by atoms with E-state index in [-0.39, 0.29) is 23.8 Å². The zero-order valence-corrected chi connectivity index (χ0v) is 22.9. The number of benzene rings is 1. The first kappa shape index (κ1) is 26.7. The largest absolute Gasteiger partial charge is 0.481 e. The molecule has 3 rings (SSSR count). The van der Waals surface area contributed by atoms with Crippen LogP contribution in [0, 0.1) is 10.8 Å².